The van der Waals surface area contributed by atoms with Gasteiger partial charge in [0, 0.05) is 24.2 Å². The number of thioether (sulfide) groups is 1. The number of anilines is 1. The molecule has 0 spiro atoms. The maximum atomic E-state index is 11.9. The molecule has 22 heavy (non-hydrogen) atoms. The number of carbonyl (C=O) groups excluding carboxylic acids is 3. The van der Waals surface area contributed by atoms with E-state index in [4.69, 9.17) is 12.2 Å². The number of carbonyl (C=O) groups is 3. The van der Waals surface area contributed by atoms with Gasteiger partial charge in [-0.2, -0.15) is 0 Å². The third-order valence-corrected chi connectivity index (χ3v) is 4.74. The number of amides is 2. The van der Waals surface area contributed by atoms with E-state index in [1.54, 1.807) is 31.2 Å². The Hall–Kier alpha value is -1.73. The summed E-state index contributed by atoms with van der Waals surface area (Å²) in [4.78, 5) is 36.4. The predicted octanol–water partition coefficient (Wildman–Crippen LogP) is 2.47. The Kier molecular flexibility index (Phi) is 5.31. The SMILES string of the molecule is CC(=O)c1ccc(NC(=O)CCN2C(=O)C(C)SC2=S)cc1. The lowest BCUT2D eigenvalue weighted by atomic mass is 10.1. The van der Waals surface area contributed by atoms with E-state index >= 15 is 0 Å². The van der Waals surface area contributed by atoms with Crippen LogP contribution in [0.1, 0.15) is 30.6 Å². The zero-order valence-corrected chi connectivity index (χ0v) is 13.9. The van der Waals surface area contributed by atoms with Crippen molar-refractivity contribution in [3.63, 3.8) is 0 Å². The molecule has 2 rings (SSSR count). The molecule has 0 aliphatic carbocycles. The number of nitrogens with one attached hydrogen (secondary N) is 1. The lowest BCUT2D eigenvalue weighted by molar-refractivity contribution is -0.126. The Labute approximate surface area is 138 Å². The molecule has 0 radical (unpaired) electrons. The average molecular weight is 336 g/mol. The van der Waals surface area contributed by atoms with Crippen LogP contribution in [-0.2, 0) is 9.59 Å². The number of hydrogen-bond donors (Lipinski definition) is 1. The Balaban J connectivity index is 1.87. The average Bonchev–Trinajstić information content (AvgIpc) is 2.70. The third-order valence-electron chi connectivity index (χ3n) is 3.25. The minimum atomic E-state index is -0.198. The molecule has 2 amide bonds. The maximum Gasteiger partial charge on any atom is 0.241 e. The van der Waals surface area contributed by atoms with Crippen molar-refractivity contribution >= 4 is 51.6 Å². The van der Waals surface area contributed by atoms with Crippen LogP contribution in [0.25, 0.3) is 0 Å². The lowest BCUT2D eigenvalue weighted by Gasteiger charge is -2.14. The smallest absolute Gasteiger partial charge is 0.241 e. The number of benzene rings is 1. The quantitative estimate of drug-likeness (QED) is 0.661. The van der Waals surface area contributed by atoms with Crippen molar-refractivity contribution in [2.45, 2.75) is 25.5 Å². The van der Waals surface area contributed by atoms with Gasteiger partial charge in [0.1, 0.15) is 4.32 Å². The normalized spacial score (nSPS) is 17.7. The van der Waals surface area contributed by atoms with Crippen LogP contribution in [-0.4, -0.2) is 38.6 Å². The number of ketones is 1. The molecule has 1 saturated heterocycles. The van der Waals surface area contributed by atoms with Gasteiger partial charge in [-0.3, -0.25) is 19.3 Å². The topological polar surface area (TPSA) is 66.5 Å². The Morgan fingerprint density at radius 3 is 2.45 bits per heavy atom. The summed E-state index contributed by atoms with van der Waals surface area (Å²) in [6.07, 6.45) is 0.174. The van der Waals surface area contributed by atoms with Crippen LogP contribution in [0.5, 0.6) is 0 Å². The van der Waals surface area contributed by atoms with Crippen LogP contribution >= 0.6 is 24.0 Å². The minimum absolute atomic E-state index is 0.0226. The molecule has 1 aromatic carbocycles. The van der Waals surface area contributed by atoms with Gasteiger partial charge in [-0.05, 0) is 38.1 Å². The van der Waals surface area contributed by atoms with Crippen molar-refractivity contribution in [2.24, 2.45) is 0 Å². The molecule has 0 aromatic heterocycles. The van der Waals surface area contributed by atoms with Crippen molar-refractivity contribution in [2.75, 3.05) is 11.9 Å². The molecule has 1 aliphatic rings. The van der Waals surface area contributed by atoms with E-state index in [0.717, 1.165) is 0 Å². The summed E-state index contributed by atoms with van der Waals surface area (Å²) in [6.45, 7) is 3.57. The highest BCUT2D eigenvalue weighted by Crippen LogP contribution is 2.26. The van der Waals surface area contributed by atoms with E-state index in [2.05, 4.69) is 5.32 Å². The van der Waals surface area contributed by atoms with Crippen LogP contribution in [0, 0.1) is 0 Å². The van der Waals surface area contributed by atoms with Gasteiger partial charge in [0.2, 0.25) is 11.8 Å². The zero-order valence-electron chi connectivity index (χ0n) is 12.3. The van der Waals surface area contributed by atoms with E-state index in [9.17, 15) is 14.4 Å². The minimum Gasteiger partial charge on any atom is -0.326 e. The number of hydrogen-bond acceptors (Lipinski definition) is 5. The molecule has 1 aliphatic heterocycles. The molecule has 1 unspecified atom stereocenters. The monoisotopic (exact) mass is 336 g/mol. The summed E-state index contributed by atoms with van der Waals surface area (Å²) in [5.74, 6) is -0.269. The summed E-state index contributed by atoms with van der Waals surface area (Å²) in [7, 11) is 0. The highest BCUT2D eigenvalue weighted by atomic mass is 32.2. The van der Waals surface area contributed by atoms with E-state index in [0.29, 0.717) is 15.6 Å². The van der Waals surface area contributed by atoms with Gasteiger partial charge in [-0.15, -0.1) is 0 Å². The molecule has 1 atom stereocenters. The molecule has 1 aromatic rings. The van der Waals surface area contributed by atoms with E-state index in [1.165, 1.54) is 23.6 Å². The molecule has 5 nitrogen and oxygen atoms in total. The van der Waals surface area contributed by atoms with Crippen molar-refractivity contribution < 1.29 is 14.4 Å². The Morgan fingerprint density at radius 1 is 1.32 bits per heavy atom. The molecule has 1 heterocycles. The molecule has 1 N–H and O–H groups in total. The van der Waals surface area contributed by atoms with Crippen LogP contribution in [0.4, 0.5) is 5.69 Å². The highest BCUT2D eigenvalue weighted by molar-refractivity contribution is 8.24. The number of nitrogens with zero attached hydrogens (tertiary/aromatic N) is 1. The standard InChI is InChI=1S/C15H16N2O3S2/c1-9(18)11-3-5-12(6-4-11)16-13(19)7-8-17-14(20)10(2)22-15(17)21/h3-6,10H,7-8H2,1-2H3,(H,16,19). The van der Waals surface area contributed by atoms with Gasteiger partial charge in [-0.25, -0.2) is 0 Å². The first kappa shape index (κ1) is 16.6. The summed E-state index contributed by atoms with van der Waals surface area (Å²) in [6, 6.07) is 6.68. The van der Waals surface area contributed by atoms with Gasteiger partial charge in [-0.1, -0.05) is 24.0 Å². The summed E-state index contributed by atoms with van der Waals surface area (Å²) in [5.41, 5.74) is 1.21. The van der Waals surface area contributed by atoms with Crippen molar-refractivity contribution in [1.82, 2.24) is 4.90 Å². The van der Waals surface area contributed by atoms with Crippen molar-refractivity contribution in [3.05, 3.63) is 29.8 Å². The van der Waals surface area contributed by atoms with Crippen LogP contribution in [0.2, 0.25) is 0 Å². The summed E-state index contributed by atoms with van der Waals surface area (Å²) >= 11 is 6.46. The summed E-state index contributed by atoms with van der Waals surface area (Å²) < 4.78 is 0.524. The second-order valence-corrected chi connectivity index (χ2v) is 6.92. The zero-order chi connectivity index (χ0) is 16.3. The van der Waals surface area contributed by atoms with Gasteiger partial charge < -0.3 is 5.32 Å². The first-order chi connectivity index (χ1) is 10.4. The fraction of sp³-hybridized carbons (Fsp3) is 0.333. The van der Waals surface area contributed by atoms with Crippen molar-refractivity contribution in [1.29, 1.82) is 0 Å². The van der Waals surface area contributed by atoms with Gasteiger partial charge in [0.25, 0.3) is 0 Å². The highest BCUT2D eigenvalue weighted by Gasteiger charge is 2.33. The molecular formula is C15H16N2O3S2. The van der Waals surface area contributed by atoms with Crippen LogP contribution in [0.3, 0.4) is 0 Å². The van der Waals surface area contributed by atoms with Crippen LogP contribution < -0.4 is 5.32 Å². The molecule has 116 valence electrons. The van der Waals surface area contributed by atoms with Gasteiger partial charge in [0.05, 0.1) is 5.25 Å². The molecule has 1 fully saturated rings. The predicted molar refractivity (Wildman–Crippen MR) is 91.1 cm³/mol. The van der Waals surface area contributed by atoms with Crippen LogP contribution in [0.15, 0.2) is 24.3 Å². The Bertz CT molecular complexity index is 628. The fourth-order valence-electron chi connectivity index (χ4n) is 2.00. The first-order valence-electron chi connectivity index (χ1n) is 6.81. The lowest BCUT2D eigenvalue weighted by Crippen LogP contribution is -2.33. The second kappa shape index (κ2) is 7.02. The van der Waals surface area contributed by atoms with Crippen molar-refractivity contribution in [3.8, 4) is 0 Å². The van der Waals surface area contributed by atoms with E-state index in [1.807, 2.05) is 0 Å². The molecular weight excluding hydrogens is 320 g/mol. The number of rotatable bonds is 5. The number of Topliss-reactive ketones (excluding diaryl/α,β-unsaturated/α-hetero) is 1. The number of thiocarbonyl (C=S) groups is 1. The van der Waals surface area contributed by atoms with E-state index in [-0.39, 0.29) is 35.8 Å². The first-order valence-corrected chi connectivity index (χ1v) is 8.10. The maximum absolute atomic E-state index is 11.9. The largest absolute Gasteiger partial charge is 0.326 e. The van der Waals surface area contributed by atoms with Gasteiger partial charge in [0.15, 0.2) is 5.78 Å². The molecule has 0 bridgehead atoms. The fourth-order valence-corrected chi connectivity index (χ4v) is 3.45. The Morgan fingerprint density at radius 2 is 1.95 bits per heavy atom. The van der Waals surface area contributed by atoms with Gasteiger partial charge >= 0.3 is 0 Å². The molecule has 0 saturated carbocycles. The second-order valence-electron chi connectivity index (χ2n) is 4.95. The van der Waals surface area contributed by atoms with E-state index < -0.39 is 0 Å². The summed E-state index contributed by atoms with van der Waals surface area (Å²) in [5, 5.41) is 2.56. The third kappa shape index (κ3) is 3.92. The molecule has 7 heteroatoms.